The van der Waals surface area contributed by atoms with Crippen molar-refractivity contribution < 1.29 is 29.6 Å². The Bertz CT molecular complexity index is 1040. The summed E-state index contributed by atoms with van der Waals surface area (Å²) in [6, 6.07) is 14.5. The van der Waals surface area contributed by atoms with E-state index < -0.39 is 24.4 Å². The molecule has 36 heavy (non-hydrogen) atoms. The van der Waals surface area contributed by atoms with Gasteiger partial charge in [0.2, 0.25) is 5.91 Å². The van der Waals surface area contributed by atoms with E-state index in [0.717, 1.165) is 43.7 Å². The molecule has 1 unspecified atom stereocenters. The lowest BCUT2D eigenvalue weighted by Crippen LogP contribution is -2.44. The number of carbonyl (C=O) groups is 1. The number of aliphatic hydroxyl groups excluding tert-OH is 3. The van der Waals surface area contributed by atoms with Crippen LogP contribution in [0.4, 0.5) is 0 Å². The first kappa shape index (κ1) is 25.2. The van der Waals surface area contributed by atoms with Crippen molar-refractivity contribution in [1.29, 1.82) is 0 Å². The molecule has 0 aromatic heterocycles. The predicted octanol–water partition coefficient (Wildman–Crippen LogP) is 3.09. The lowest BCUT2D eigenvalue weighted by molar-refractivity contribution is -0.179. The minimum Gasteiger partial charge on any atom is -0.490 e. The third-order valence-electron chi connectivity index (χ3n) is 7.77. The summed E-state index contributed by atoms with van der Waals surface area (Å²) in [6.07, 6.45) is 2.09. The first-order valence-corrected chi connectivity index (χ1v) is 13.2. The highest BCUT2D eigenvalue weighted by Gasteiger charge is 2.38. The van der Waals surface area contributed by atoms with Crippen molar-refractivity contribution in [2.75, 3.05) is 19.7 Å². The maximum atomic E-state index is 11.5. The summed E-state index contributed by atoms with van der Waals surface area (Å²) < 4.78 is 12.1. The Hall–Kier alpha value is -2.45. The highest BCUT2D eigenvalue weighted by molar-refractivity contribution is 5.73. The van der Waals surface area contributed by atoms with E-state index in [1.807, 2.05) is 23.1 Å². The summed E-state index contributed by atoms with van der Waals surface area (Å²) in [5.74, 6) is 1.55. The fourth-order valence-electron chi connectivity index (χ4n) is 5.48. The average molecular weight is 496 g/mol. The van der Waals surface area contributed by atoms with Gasteiger partial charge in [-0.1, -0.05) is 30.3 Å². The number of piperidine rings is 1. The van der Waals surface area contributed by atoms with Crippen molar-refractivity contribution in [2.24, 2.45) is 0 Å². The van der Waals surface area contributed by atoms with Crippen LogP contribution in [-0.4, -0.2) is 70.2 Å². The molecule has 2 aliphatic heterocycles. The van der Waals surface area contributed by atoms with Crippen LogP contribution in [0.1, 0.15) is 73.3 Å². The molecule has 4 atom stereocenters. The highest BCUT2D eigenvalue weighted by Crippen LogP contribution is 2.43. The number of hydrogen-bond acceptors (Lipinski definition) is 6. The minimum atomic E-state index is -1.02. The Kier molecular flexibility index (Phi) is 7.62. The second-order valence-electron chi connectivity index (χ2n) is 10.5. The standard InChI is InChI=1S/C29H37NO6/c1-18(32)30-12-10-24(11-13-30)35-23-7-2-19(3-8-23)14-22-15-21(6-9-26(22)20-4-5-20)29-28(34)27(33)16-25(17-31)36-29/h2-3,6-9,15,20,24-25,27-29,31,33-34H,4-5,10-14,16-17H2,1H3/t25-,27?,28+,29-/m0/s1. The molecule has 194 valence electrons. The fourth-order valence-corrected chi connectivity index (χ4v) is 5.48. The predicted molar refractivity (Wildman–Crippen MR) is 135 cm³/mol. The SMILES string of the molecule is CC(=O)N1CCC(Oc2ccc(Cc3cc([C@@H]4O[C@H](CO)CC(O)[C@H]4O)ccc3C3CC3)cc2)CC1. The van der Waals surface area contributed by atoms with Gasteiger partial charge >= 0.3 is 0 Å². The second-order valence-corrected chi connectivity index (χ2v) is 10.5. The van der Waals surface area contributed by atoms with E-state index in [1.165, 1.54) is 29.5 Å². The lowest BCUT2D eigenvalue weighted by Gasteiger charge is -2.37. The molecular formula is C29H37NO6. The van der Waals surface area contributed by atoms with E-state index in [-0.39, 0.29) is 25.0 Å². The van der Waals surface area contributed by atoms with Gasteiger partial charge in [0, 0.05) is 39.3 Å². The normalized spacial score (nSPS) is 27.2. The van der Waals surface area contributed by atoms with Gasteiger partial charge in [-0.2, -0.15) is 0 Å². The van der Waals surface area contributed by atoms with Gasteiger partial charge in [0.25, 0.3) is 0 Å². The van der Waals surface area contributed by atoms with Crippen molar-refractivity contribution in [3.63, 3.8) is 0 Å². The smallest absolute Gasteiger partial charge is 0.219 e. The van der Waals surface area contributed by atoms with Crippen molar-refractivity contribution in [3.05, 3.63) is 64.7 Å². The van der Waals surface area contributed by atoms with Gasteiger partial charge in [0.05, 0.1) is 18.8 Å². The van der Waals surface area contributed by atoms with E-state index in [2.05, 4.69) is 24.3 Å². The number of aliphatic hydroxyl groups is 3. The molecule has 0 radical (unpaired) electrons. The van der Waals surface area contributed by atoms with E-state index in [0.29, 0.717) is 5.92 Å². The summed E-state index contributed by atoms with van der Waals surface area (Å²) in [5.41, 5.74) is 4.54. The number of carbonyl (C=O) groups excluding carboxylic acids is 1. The molecule has 0 spiro atoms. The number of amides is 1. The van der Waals surface area contributed by atoms with Crippen LogP contribution >= 0.6 is 0 Å². The zero-order chi connectivity index (χ0) is 25.2. The second kappa shape index (κ2) is 10.9. The Morgan fingerprint density at radius 2 is 1.78 bits per heavy atom. The van der Waals surface area contributed by atoms with E-state index in [9.17, 15) is 20.1 Å². The lowest BCUT2D eigenvalue weighted by atomic mass is 9.89. The topological polar surface area (TPSA) is 99.5 Å². The summed E-state index contributed by atoms with van der Waals surface area (Å²) in [4.78, 5) is 13.4. The van der Waals surface area contributed by atoms with E-state index in [1.54, 1.807) is 6.92 Å². The molecule has 1 amide bonds. The zero-order valence-electron chi connectivity index (χ0n) is 20.9. The molecule has 2 aromatic carbocycles. The quantitative estimate of drug-likeness (QED) is 0.546. The van der Waals surface area contributed by atoms with Crippen LogP contribution in [0.5, 0.6) is 5.75 Å². The van der Waals surface area contributed by atoms with Gasteiger partial charge < -0.3 is 29.7 Å². The number of rotatable bonds is 7. The molecule has 3 N–H and O–H groups in total. The van der Waals surface area contributed by atoms with E-state index >= 15 is 0 Å². The van der Waals surface area contributed by atoms with Crippen molar-refractivity contribution in [3.8, 4) is 5.75 Å². The molecule has 0 bridgehead atoms. The molecule has 3 fully saturated rings. The van der Waals surface area contributed by atoms with Crippen molar-refractivity contribution >= 4 is 5.91 Å². The molecule has 5 rings (SSSR count). The van der Waals surface area contributed by atoms with Crippen molar-refractivity contribution in [1.82, 2.24) is 4.90 Å². The van der Waals surface area contributed by atoms with Gasteiger partial charge in [-0.15, -0.1) is 0 Å². The summed E-state index contributed by atoms with van der Waals surface area (Å²) >= 11 is 0. The monoisotopic (exact) mass is 495 g/mol. The Morgan fingerprint density at radius 3 is 2.42 bits per heavy atom. The van der Waals surface area contributed by atoms with Gasteiger partial charge in [-0.25, -0.2) is 0 Å². The summed E-state index contributed by atoms with van der Waals surface area (Å²) in [7, 11) is 0. The largest absolute Gasteiger partial charge is 0.490 e. The molecular weight excluding hydrogens is 458 g/mol. The maximum absolute atomic E-state index is 11.5. The highest BCUT2D eigenvalue weighted by atomic mass is 16.5. The van der Waals surface area contributed by atoms with E-state index in [4.69, 9.17) is 9.47 Å². The summed E-state index contributed by atoms with van der Waals surface area (Å²) in [5, 5.41) is 30.4. The van der Waals surface area contributed by atoms with Crippen LogP contribution < -0.4 is 4.74 Å². The molecule has 2 heterocycles. The fraction of sp³-hybridized carbons (Fsp3) is 0.552. The van der Waals surface area contributed by atoms with Gasteiger partial charge in [0.1, 0.15) is 24.1 Å². The molecule has 2 saturated heterocycles. The first-order valence-electron chi connectivity index (χ1n) is 13.2. The Labute approximate surface area is 212 Å². The van der Waals surface area contributed by atoms with Crippen LogP contribution in [0.2, 0.25) is 0 Å². The van der Waals surface area contributed by atoms with Crippen molar-refractivity contribution in [2.45, 2.75) is 81.9 Å². The number of nitrogens with zero attached hydrogens (tertiary/aromatic N) is 1. The Morgan fingerprint density at radius 1 is 1.06 bits per heavy atom. The molecule has 1 saturated carbocycles. The third-order valence-corrected chi connectivity index (χ3v) is 7.77. The number of hydrogen-bond donors (Lipinski definition) is 3. The van der Waals surface area contributed by atoms with Crippen LogP contribution in [0.3, 0.4) is 0 Å². The average Bonchev–Trinajstić information content (AvgIpc) is 3.72. The maximum Gasteiger partial charge on any atom is 0.219 e. The van der Waals surface area contributed by atoms with Gasteiger partial charge in [0.15, 0.2) is 0 Å². The van der Waals surface area contributed by atoms with Crippen LogP contribution in [0, 0.1) is 0 Å². The summed E-state index contributed by atoms with van der Waals surface area (Å²) in [6.45, 7) is 2.92. The zero-order valence-corrected chi connectivity index (χ0v) is 20.9. The number of likely N-dealkylation sites (tertiary alicyclic amines) is 1. The molecule has 2 aromatic rings. The molecule has 7 heteroatoms. The third kappa shape index (κ3) is 5.75. The van der Waals surface area contributed by atoms with Gasteiger partial charge in [-0.3, -0.25) is 4.79 Å². The molecule has 7 nitrogen and oxygen atoms in total. The van der Waals surface area contributed by atoms with Crippen LogP contribution in [-0.2, 0) is 16.0 Å². The first-order chi connectivity index (χ1) is 17.4. The van der Waals surface area contributed by atoms with Crippen LogP contribution in [0.25, 0.3) is 0 Å². The van der Waals surface area contributed by atoms with Crippen LogP contribution in [0.15, 0.2) is 42.5 Å². The number of ether oxygens (including phenoxy) is 2. The number of benzene rings is 2. The molecule has 3 aliphatic rings. The minimum absolute atomic E-state index is 0.126. The molecule has 1 aliphatic carbocycles. The Balaban J connectivity index is 1.28. The van der Waals surface area contributed by atoms with Gasteiger partial charge in [-0.05, 0) is 59.6 Å².